The Morgan fingerprint density at radius 3 is 2.74 bits per heavy atom. The second kappa shape index (κ2) is 10.4. The van der Waals surface area contributed by atoms with E-state index in [1.165, 1.54) is 27.6 Å². The van der Waals surface area contributed by atoms with Crippen LogP contribution in [0.4, 0.5) is 17.5 Å². The van der Waals surface area contributed by atoms with Gasteiger partial charge in [-0.25, -0.2) is 23.5 Å². The van der Waals surface area contributed by atoms with Gasteiger partial charge in [0.2, 0.25) is 5.95 Å². The second-order valence-corrected chi connectivity index (χ2v) is 13.0. The highest BCUT2D eigenvalue weighted by Gasteiger charge is 2.21. The number of aryl methyl sites for hydroxylation is 1. The van der Waals surface area contributed by atoms with E-state index in [-0.39, 0.29) is 12.1 Å². The zero-order chi connectivity index (χ0) is 27.9. The molecule has 0 bridgehead atoms. The smallest absolute Gasteiger partial charge is 0.278 e. The van der Waals surface area contributed by atoms with Gasteiger partial charge in [0.05, 0.1) is 6.54 Å². The van der Waals surface area contributed by atoms with Crippen LogP contribution in [-0.4, -0.2) is 58.5 Å². The highest BCUT2D eigenvalue weighted by atomic mass is 32.2. The van der Waals surface area contributed by atoms with E-state index in [0.717, 1.165) is 25.2 Å². The van der Waals surface area contributed by atoms with E-state index >= 15 is 0 Å². The summed E-state index contributed by atoms with van der Waals surface area (Å²) in [6.07, 6.45) is 7.31. The van der Waals surface area contributed by atoms with Gasteiger partial charge in [0.1, 0.15) is 5.39 Å². The van der Waals surface area contributed by atoms with Crippen LogP contribution in [-0.2, 0) is 29.2 Å². The number of hydrogen-bond acceptors (Lipinski definition) is 8. The molecule has 0 fully saturated rings. The minimum atomic E-state index is -2.41. The van der Waals surface area contributed by atoms with E-state index in [1.807, 2.05) is 0 Å². The average Bonchev–Trinajstić information content (AvgIpc) is 3.13. The van der Waals surface area contributed by atoms with Crippen molar-refractivity contribution in [1.29, 1.82) is 0 Å². The molecule has 1 aliphatic heterocycles. The quantitative estimate of drug-likeness (QED) is 0.343. The van der Waals surface area contributed by atoms with Gasteiger partial charge in [0, 0.05) is 53.3 Å². The number of rotatable bonds is 7. The first kappa shape index (κ1) is 26.8. The van der Waals surface area contributed by atoms with E-state index in [4.69, 9.17) is 4.98 Å². The lowest BCUT2D eigenvalue weighted by molar-refractivity contribution is 0.203. The van der Waals surface area contributed by atoms with Crippen molar-refractivity contribution in [2.75, 3.05) is 24.4 Å². The molecule has 0 spiro atoms. The molecular weight excluding hydrogens is 512 g/mol. The van der Waals surface area contributed by atoms with Crippen LogP contribution in [0.3, 0.4) is 0 Å². The zero-order valence-electron chi connectivity index (χ0n) is 23.0. The molecule has 1 aliphatic rings. The summed E-state index contributed by atoms with van der Waals surface area (Å²) in [6.45, 7) is 12.6. The standard InChI is InChI=1S/C28H34N8O2S/c1-7-12-35-27(37)23-16-29-28(30-21-14-19(4)22-11-13-34(18(2)3)17-20(22)15-21)32-26(23)36(35)25-10-8-9-24(31-25)33-39(5,6)38/h7-10,14-16,18H,1,11-13,17H2,2-6H3,(H,29,30,32). The molecule has 39 heavy (non-hydrogen) atoms. The molecule has 0 unspecified atom stereocenters. The Labute approximate surface area is 228 Å². The molecule has 0 atom stereocenters. The first-order valence-corrected chi connectivity index (χ1v) is 15.2. The van der Waals surface area contributed by atoms with Crippen LogP contribution in [0, 0.1) is 6.92 Å². The third-order valence-corrected chi connectivity index (χ3v) is 7.43. The van der Waals surface area contributed by atoms with Crippen molar-refractivity contribution in [3.63, 3.8) is 0 Å². The topological polar surface area (TPSA) is 110 Å². The summed E-state index contributed by atoms with van der Waals surface area (Å²) < 4.78 is 19.6. The molecule has 4 aromatic rings. The molecular formula is C28H34N8O2S. The number of allylic oxidation sites excluding steroid dienone is 1. The van der Waals surface area contributed by atoms with Gasteiger partial charge in [-0.1, -0.05) is 12.1 Å². The third-order valence-electron chi connectivity index (χ3n) is 6.80. The number of hydrogen-bond donors (Lipinski definition) is 1. The van der Waals surface area contributed by atoms with E-state index < -0.39 is 9.73 Å². The molecule has 11 heteroatoms. The van der Waals surface area contributed by atoms with Crippen molar-refractivity contribution >= 4 is 38.2 Å². The van der Waals surface area contributed by atoms with E-state index in [2.05, 4.69) is 64.0 Å². The van der Waals surface area contributed by atoms with Gasteiger partial charge in [0.15, 0.2) is 17.3 Å². The zero-order valence-corrected chi connectivity index (χ0v) is 23.8. The lowest BCUT2D eigenvalue weighted by Crippen LogP contribution is -2.36. The summed E-state index contributed by atoms with van der Waals surface area (Å²) in [5, 5.41) is 3.71. The number of anilines is 2. The Morgan fingerprint density at radius 1 is 1.23 bits per heavy atom. The molecule has 0 saturated heterocycles. The Kier molecular flexibility index (Phi) is 7.13. The molecule has 204 valence electrons. The summed E-state index contributed by atoms with van der Waals surface area (Å²) in [7, 11) is -2.41. The second-order valence-electron chi connectivity index (χ2n) is 10.4. The van der Waals surface area contributed by atoms with E-state index in [0.29, 0.717) is 34.7 Å². The molecule has 5 rings (SSSR count). The summed E-state index contributed by atoms with van der Waals surface area (Å²) in [5.41, 5.74) is 4.99. The summed E-state index contributed by atoms with van der Waals surface area (Å²) >= 11 is 0. The maximum Gasteiger partial charge on any atom is 0.278 e. The highest BCUT2D eigenvalue weighted by Crippen LogP contribution is 2.28. The molecule has 0 radical (unpaired) electrons. The van der Waals surface area contributed by atoms with Gasteiger partial charge >= 0.3 is 0 Å². The van der Waals surface area contributed by atoms with Crippen LogP contribution in [0.5, 0.6) is 0 Å². The fraction of sp³-hybridized carbons (Fsp3) is 0.357. The van der Waals surface area contributed by atoms with Crippen LogP contribution in [0.2, 0.25) is 0 Å². The number of aromatic nitrogens is 5. The van der Waals surface area contributed by atoms with Crippen LogP contribution in [0.25, 0.3) is 16.9 Å². The Hall–Kier alpha value is -3.83. The summed E-state index contributed by atoms with van der Waals surface area (Å²) in [6, 6.07) is 9.97. The molecule has 0 amide bonds. The van der Waals surface area contributed by atoms with Crippen molar-refractivity contribution < 1.29 is 4.21 Å². The molecule has 4 heterocycles. The molecule has 0 aliphatic carbocycles. The van der Waals surface area contributed by atoms with Crippen LogP contribution >= 0.6 is 0 Å². The average molecular weight is 547 g/mol. The lowest BCUT2D eigenvalue weighted by atomic mass is 9.94. The van der Waals surface area contributed by atoms with Crippen molar-refractivity contribution in [3.05, 3.63) is 76.2 Å². The van der Waals surface area contributed by atoms with Gasteiger partial charge in [0.25, 0.3) is 5.56 Å². The van der Waals surface area contributed by atoms with Gasteiger partial charge in [-0.15, -0.1) is 6.58 Å². The van der Waals surface area contributed by atoms with Gasteiger partial charge in [-0.05, 0) is 68.1 Å². The number of nitrogens with zero attached hydrogens (tertiary/aromatic N) is 7. The number of benzene rings is 1. The monoisotopic (exact) mass is 546 g/mol. The normalized spacial score (nSPS) is 14.0. The number of pyridine rings is 1. The maximum absolute atomic E-state index is 13.3. The van der Waals surface area contributed by atoms with Crippen LogP contribution in [0.1, 0.15) is 30.5 Å². The Morgan fingerprint density at radius 2 is 2.03 bits per heavy atom. The van der Waals surface area contributed by atoms with Crippen LogP contribution < -0.4 is 10.9 Å². The van der Waals surface area contributed by atoms with Crippen molar-refractivity contribution in [1.82, 2.24) is 29.2 Å². The Bertz CT molecular complexity index is 1750. The first-order valence-electron chi connectivity index (χ1n) is 12.9. The van der Waals surface area contributed by atoms with E-state index in [9.17, 15) is 9.00 Å². The van der Waals surface area contributed by atoms with Gasteiger partial charge in [-0.3, -0.25) is 9.69 Å². The molecule has 3 aromatic heterocycles. The largest absolute Gasteiger partial charge is 0.324 e. The summed E-state index contributed by atoms with van der Waals surface area (Å²) in [4.78, 5) is 29.5. The minimum absolute atomic E-state index is 0.246. The number of fused-ring (bicyclic) bond motifs is 2. The molecule has 0 saturated carbocycles. The fourth-order valence-corrected chi connectivity index (χ4v) is 5.55. The minimum Gasteiger partial charge on any atom is -0.324 e. The van der Waals surface area contributed by atoms with Crippen molar-refractivity contribution in [2.24, 2.45) is 4.36 Å². The lowest BCUT2D eigenvalue weighted by Gasteiger charge is -2.33. The third kappa shape index (κ3) is 5.50. The van der Waals surface area contributed by atoms with Crippen molar-refractivity contribution in [2.45, 2.75) is 46.3 Å². The van der Waals surface area contributed by atoms with Gasteiger partial charge in [-0.2, -0.15) is 9.35 Å². The predicted molar refractivity (Wildman–Crippen MR) is 157 cm³/mol. The molecule has 1 aromatic carbocycles. The highest BCUT2D eigenvalue weighted by molar-refractivity contribution is 7.92. The van der Waals surface area contributed by atoms with Crippen LogP contribution in [0.15, 0.2) is 58.3 Å². The molecule has 10 nitrogen and oxygen atoms in total. The van der Waals surface area contributed by atoms with E-state index in [1.54, 1.807) is 41.5 Å². The SMILES string of the molecule is C=CCn1c(=O)c2cnc(Nc3cc(C)c4c(c3)CN(C(C)C)CC4)nc2n1-c1cccc(N=S(C)(C)=O)n1. The molecule has 1 N–H and O–H groups in total. The predicted octanol–water partition coefficient (Wildman–Crippen LogP) is 4.34. The first-order chi connectivity index (χ1) is 18.5. The Balaban J connectivity index is 1.59. The van der Waals surface area contributed by atoms with Crippen molar-refractivity contribution in [3.8, 4) is 5.82 Å². The fourth-order valence-electron chi connectivity index (χ4n) is 5.00. The summed E-state index contributed by atoms with van der Waals surface area (Å²) in [5.74, 6) is 1.11. The van der Waals surface area contributed by atoms with Gasteiger partial charge < -0.3 is 5.32 Å². The number of nitrogens with one attached hydrogen (secondary N) is 1. The maximum atomic E-state index is 13.3.